The lowest BCUT2D eigenvalue weighted by Crippen LogP contribution is -2.23. The molecule has 0 unspecified atom stereocenters. The highest BCUT2D eigenvalue weighted by molar-refractivity contribution is 9.10. The van der Waals surface area contributed by atoms with Gasteiger partial charge in [0.15, 0.2) is 0 Å². The molecule has 2 aromatic rings. The van der Waals surface area contributed by atoms with Crippen molar-refractivity contribution in [1.29, 1.82) is 0 Å². The monoisotopic (exact) mass is 404 g/mol. The maximum Gasteiger partial charge on any atom is 0.220 e. The number of rotatable bonds is 8. The van der Waals surface area contributed by atoms with Crippen molar-refractivity contribution in [3.63, 3.8) is 0 Å². The molecule has 0 radical (unpaired) electrons. The molecule has 2 rings (SSSR count). The first-order valence-electron chi connectivity index (χ1n) is 8.29. The van der Waals surface area contributed by atoms with Gasteiger partial charge in [0.05, 0.1) is 11.6 Å². The molecule has 4 nitrogen and oxygen atoms in total. The Hall–Kier alpha value is -1.85. The van der Waals surface area contributed by atoms with Crippen molar-refractivity contribution >= 4 is 21.8 Å². The van der Waals surface area contributed by atoms with Crippen LogP contribution < -0.4 is 10.1 Å². The van der Waals surface area contributed by atoms with Crippen LogP contribution in [0.1, 0.15) is 23.1 Å². The first-order valence-corrected chi connectivity index (χ1v) is 9.09. The molecule has 25 heavy (non-hydrogen) atoms. The Balaban J connectivity index is 1.77. The molecule has 0 saturated carbocycles. The van der Waals surface area contributed by atoms with Gasteiger partial charge in [-0.25, -0.2) is 0 Å². The number of aryl methyl sites for hydroxylation is 1. The smallest absolute Gasteiger partial charge is 0.220 e. The number of hydrogen-bond donors (Lipinski definition) is 1. The molecule has 1 amide bonds. The fraction of sp³-hybridized carbons (Fsp3) is 0.350. The molecule has 0 aliphatic rings. The summed E-state index contributed by atoms with van der Waals surface area (Å²) in [6.07, 6.45) is 1.17. The number of nitrogens with zero attached hydrogens (tertiary/aromatic N) is 1. The summed E-state index contributed by atoms with van der Waals surface area (Å²) in [5.74, 6) is 0.857. The number of amides is 1. The average molecular weight is 405 g/mol. The van der Waals surface area contributed by atoms with Crippen LogP contribution in [0.4, 0.5) is 0 Å². The lowest BCUT2D eigenvalue weighted by atomic mass is 10.1. The van der Waals surface area contributed by atoms with Crippen LogP contribution in [0.2, 0.25) is 0 Å². The highest BCUT2D eigenvalue weighted by atomic mass is 79.9. The molecule has 0 heterocycles. The van der Waals surface area contributed by atoms with Gasteiger partial charge >= 0.3 is 0 Å². The molecule has 2 aromatic carbocycles. The number of carbonyl (C=O) groups is 1. The molecular weight excluding hydrogens is 380 g/mol. The second-order valence-corrected chi connectivity index (χ2v) is 7.15. The van der Waals surface area contributed by atoms with E-state index in [1.165, 1.54) is 5.56 Å². The van der Waals surface area contributed by atoms with E-state index in [1.807, 2.05) is 18.2 Å². The molecule has 0 aliphatic carbocycles. The van der Waals surface area contributed by atoms with Gasteiger partial charge in [0.2, 0.25) is 5.91 Å². The van der Waals surface area contributed by atoms with Crippen molar-refractivity contribution in [2.45, 2.75) is 25.9 Å². The number of halogens is 1. The van der Waals surface area contributed by atoms with Gasteiger partial charge in [-0.15, -0.1) is 0 Å². The summed E-state index contributed by atoms with van der Waals surface area (Å²) in [5.41, 5.74) is 3.49. The summed E-state index contributed by atoms with van der Waals surface area (Å²) >= 11 is 3.47. The third-order valence-electron chi connectivity index (χ3n) is 3.87. The minimum atomic E-state index is 0.0595. The van der Waals surface area contributed by atoms with E-state index >= 15 is 0 Å². The Bertz CT molecular complexity index is 699. The normalized spacial score (nSPS) is 10.8. The van der Waals surface area contributed by atoms with Gasteiger partial charge in [0, 0.05) is 19.5 Å². The lowest BCUT2D eigenvalue weighted by molar-refractivity contribution is -0.121. The zero-order chi connectivity index (χ0) is 18.2. The van der Waals surface area contributed by atoms with E-state index in [2.05, 4.69) is 64.5 Å². The van der Waals surface area contributed by atoms with Gasteiger partial charge in [-0.2, -0.15) is 0 Å². The van der Waals surface area contributed by atoms with Crippen LogP contribution in [0.25, 0.3) is 0 Å². The van der Waals surface area contributed by atoms with Crippen molar-refractivity contribution in [3.8, 4) is 5.75 Å². The minimum absolute atomic E-state index is 0.0595. The summed E-state index contributed by atoms with van der Waals surface area (Å²) in [4.78, 5) is 14.2. The number of benzene rings is 2. The topological polar surface area (TPSA) is 41.6 Å². The zero-order valence-electron chi connectivity index (χ0n) is 15.0. The van der Waals surface area contributed by atoms with Crippen molar-refractivity contribution in [3.05, 3.63) is 63.6 Å². The molecule has 5 heteroatoms. The van der Waals surface area contributed by atoms with E-state index in [0.717, 1.165) is 27.9 Å². The molecule has 0 aliphatic heterocycles. The Labute approximate surface area is 158 Å². The zero-order valence-corrected chi connectivity index (χ0v) is 16.6. The SMILES string of the molecule is COc1ccc(CCC(=O)NCc2ccc(CN(C)C)cc2)cc1Br. The van der Waals surface area contributed by atoms with E-state index in [9.17, 15) is 4.79 Å². The fourth-order valence-electron chi connectivity index (χ4n) is 2.54. The van der Waals surface area contributed by atoms with Crippen molar-refractivity contribution in [2.75, 3.05) is 21.2 Å². The summed E-state index contributed by atoms with van der Waals surface area (Å²) in [6, 6.07) is 14.2. The molecule has 1 N–H and O–H groups in total. The Morgan fingerprint density at radius 2 is 1.72 bits per heavy atom. The van der Waals surface area contributed by atoms with Gasteiger partial charge in [-0.05, 0) is 65.3 Å². The van der Waals surface area contributed by atoms with Crippen LogP contribution >= 0.6 is 15.9 Å². The molecule has 0 spiro atoms. The van der Waals surface area contributed by atoms with Crippen molar-refractivity contribution < 1.29 is 9.53 Å². The number of nitrogens with one attached hydrogen (secondary N) is 1. The Morgan fingerprint density at radius 3 is 2.32 bits per heavy atom. The quantitative estimate of drug-likeness (QED) is 0.727. The maximum atomic E-state index is 12.1. The van der Waals surface area contributed by atoms with Crippen LogP contribution in [0.3, 0.4) is 0 Å². The van der Waals surface area contributed by atoms with E-state index in [4.69, 9.17) is 4.74 Å². The number of methoxy groups -OCH3 is 1. The standard InChI is InChI=1S/C20H25BrN2O2/c1-23(2)14-17-6-4-16(5-7-17)13-22-20(24)11-9-15-8-10-19(25-3)18(21)12-15/h4-8,10,12H,9,11,13-14H2,1-3H3,(H,22,24). The van der Waals surface area contributed by atoms with E-state index in [-0.39, 0.29) is 5.91 Å². The summed E-state index contributed by atoms with van der Waals surface area (Å²) in [6.45, 7) is 1.48. The van der Waals surface area contributed by atoms with Gasteiger partial charge < -0.3 is 15.0 Å². The van der Waals surface area contributed by atoms with Crippen LogP contribution in [0, 0.1) is 0 Å². The van der Waals surface area contributed by atoms with Crippen LogP contribution in [0.5, 0.6) is 5.75 Å². The predicted octanol–water partition coefficient (Wildman–Crippen LogP) is 3.77. The van der Waals surface area contributed by atoms with E-state index in [1.54, 1.807) is 7.11 Å². The second kappa shape index (κ2) is 9.59. The molecule has 0 bridgehead atoms. The molecular formula is C20H25BrN2O2. The largest absolute Gasteiger partial charge is 0.496 e. The molecule has 0 atom stereocenters. The van der Waals surface area contributed by atoms with E-state index in [0.29, 0.717) is 19.4 Å². The first kappa shape index (κ1) is 19.5. The van der Waals surface area contributed by atoms with Gasteiger partial charge in [-0.3, -0.25) is 4.79 Å². The molecule has 0 aromatic heterocycles. The third kappa shape index (κ3) is 6.52. The summed E-state index contributed by atoms with van der Waals surface area (Å²) in [7, 11) is 5.74. The Morgan fingerprint density at radius 1 is 1.08 bits per heavy atom. The minimum Gasteiger partial charge on any atom is -0.496 e. The second-order valence-electron chi connectivity index (χ2n) is 6.30. The molecule has 0 saturated heterocycles. The van der Waals surface area contributed by atoms with E-state index < -0.39 is 0 Å². The number of carbonyl (C=O) groups excluding carboxylic acids is 1. The molecule has 134 valence electrons. The van der Waals surface area contributed by atoms with Crippen LogP contribution in [0.15, 0.2) is 46.9 Å². The highest BCUT2D eigenvalue weighted by Gasteiger charge is 2.05. The van der Waals surface area contributed by atoms with Gasteiger partial charge in [0.25, 0.3) is 0 Å². The third-order valence-corrected chi connectivity index (χ3v) is 4.49. The Kier molecular flexibility index (Phi) is 7.47. The maximum absolute atomic E-state index is 12.1. The highest BCUT2D eigenvalue weighted by Crippen LogP contribution is 2.25. The number of ether oxygens (including phenoxy) is 1. The van der Waals surface area contributed by atoms with Crippen LogP contribution in [-0.2, 0) is 24.3 Å². The first-order chi connectivity index (χ1) is 12.0. The predicted molar refractivity (Wildman–Crippen MR) is 105 cm³/mol. The summed E-state index contributed by atoms with van der Waals surface area (Å²) < 4.78 is 6.12. The summed E-state index contributed by atoms with van der Waals surface area (Å²) in [5, 5.41) is 2.98. The van der Waals surface area contributed by atoms with Gasteiger partial charge in [0.1, 0.15) is 5.75 Å². The lowest BCUT2D eigenvalue weighted by Gasteiger charge is -2.10. The van der Waals surface area contributed by atoms with Gasteiger partial charge in [-0.1, -0.05) is 30.3 Å². The van der Waals surface area contributed by atoms with Crippen LogP contribution in [-0.4, -0.2) is 32.0 Å². The fourth-order valence-corrected chi connectivity index (χ4v) is 3.13. The van der Waals surface area contributed by atoms with Crippen molar-refractivity contribution in [2.24, 2.45) is 0 Å². The average Bonchev–Trinajstić information content (AvgIpc) is 2.59. The number of hydrogen-bond acceptors (Lipinski definition) is 3. The molecule has 0 fully saturated rings. The van der Waals surface area contributed by atoms with Crippen molar-refractivity contribution in [1.82, 2.24) is 10.2 Å².